The standard InChI is InChI=1S/C19H20Cl2N2O2/c1-23(13-14-4-8-16(20)9-5-14)18(24)3-2-12-22-19(25)15-6-10-17(21)11-7-15/h4-11H,2-3,12-13H2,1H3,(H,22,25). The van der Waals surface area contributed by atoms with Crippen molar-refractivity contribution in [3.63, 3.8) is 0 Å². The molecule has 2 amide bonds. The SMILES string of the molecule is CN(Cc1ccc(Cl)cc1)C(=O)CCCNC(=O)c1ccc(Cl)cc1. The van der Waals surface area contributed by atoms with Crippen LogP contribution in [0.1, 0.15) is 28.8 Å². The number of nitrogens with one attached hydrogen (secondary N) is 1. The summed E-state index contributed by atoms with van der Waals surface area (Å²) >= 11 is 11.6. The fourth-order valence-electron chi connectivity index (χ4n) is 2.29. The molecule has 0 aliphatic rings. The van der Waals surface area contributed by atoms with Crippen molar-refractivity contribution in [1.82, 2.24) is 10.2 Å². The Bertz CT molecular complexity index is 715. The monoisotopic (exact) mass is 378 g/mol. The lowest BCUT2D eigenvalue weighted by Gasteiger charge is -2.17. The summed E-state index contributed by atoms with van der Waals surface area (Å²) in [5, 5.41) is 4.07. The maximum atomic E-state index is 12.1. The Morgan fingerprint density at radius 3 is 2.12 bits per heavy atom. The molecular formula is C19H20Cl2N2O2. The zero-order valence-electron chi connectivity index (χ0n) is 14.0. The van der Waals surface area contributed by atoms with Crippen LogP contribution in [0.3, 0.4) is 0 Å². The Morgan fingerprint density at radius 1 is 0.960 bits per heavy atom. The molecule has 2 aromatic carbocycles. The summed E-state index contributed by atoms with van der Waals surface area (Å²) in [4.78, 5) is 25.8. The van der Waals surface area contributed by atoms with Gasteiger partial charge in [0.15, 0.2) is 0 Å². The van der Waals surface area contributed by atoms with Crippen LogP contribution in [-0.2, 0) is 11.3 Å². The number of hydrogen-bond donors (Lipinski definition) is 1. The molecular weight excluding hydrogens is 359 g/mol. The van der Waals surface area contributed by atoms with Gasteiger partial charge in [-0.1, -0.05) is 35.3 Å². The van der Waals surface area contributed by atoms with Gasteiger partial charge in [-0.15, -0.1) is 0 Å². The number of amides is 2. The van der Waals surface area contributed by atoms with E-state index in [1.165, 1.54) is 0 Å². The second-order valence-corrected chi connectivity index (χ2v) is 6.62. The van der Waals surface area contributed by atoms with Crippen molar-refractivity contribution >= 4 is 35.0 Å². The van der Waals surface area contributed by atoms with Crippen LogP contribution in [0.4, 0.5) is 0 Å². The van der Waals surface area contributed by atoms with E-state index in [0.717, 1.165) is 5.56 Å². The summed E-state index contributed by atoms with van der Waals surface area (Å²) in [5.74, 6) is -0.130. The van der Waals surface area contributed by atoms with Gasteiger partial charge in [0.1, 0.15) is 0 Å². The number of nitrogens with zero attached hydrogens (tertiary/aromatic N) is 1. The average Bonchev–Trinajstić information content (AvgIpc) is 2.60. The third-order valence-electron chi connectivity index (χ3n) is 3.72. The molecule has 0 heterocycles. The predicted octanol–water partition coefficient (Wildman–Crippen LogP) is 4.16. The molecule has 6 heteroatoms. The first-order valence-electron chi connectivity index (χ1n) is 7.98. The van der Waals surface area contributed by atoms with Gasteiger partial charge in [-0.3, -0.25) is 9.59 Å². The van der Waals surface area contributed by atoms with Gasteiger partial charge >= 0.3 is 0 Å². The van der Waals surface area contributed by atoms with E-state index < -0.39 is 0 Å². The Morgan fingerprint density at radius 2 is 1.52 bits per heavy atom. The van der Waals surface area contributed by atoms with Gasteiger partial charge < -0.3 is 10.2 Å². The topological polar surface area (TPSA) is 49.4 Å². The summed E-state index contributed by atoms with van der Waals surface area (Å²) < 4.78 is 0. The summed E-state index contributed by atoms with van der Waals surface area (Å²) in [5.41, 5.74) is 1.58. The van der Waals surface area contributed by atoms with Crippen molar-refractivity contribution in [2.24, 2.45) is 0 Å². The van der Waals surface area contributed by atoms with Gasteiger partial charge in [-0.2, -0.15) is 0 Å². The number of halogens is 2. The lowest BCUT2D eigenvalue weighted by atomic mass is 10.2. The quantitative estimate of drug-likeness (QED) is 0.735. The molecule has 2 aromatic rings. The fourth-order valence-corrected chi connectivity index (χ4v) is 2.54. The highest BCUT2D eigenvalue weighted by molar-refractivity contribution is 6.30. The third kappa shape index (κ3) is 6.40. The molecule has 4 nitrogen and oxygen atoms in total. The molecule has 132 valence electrons. The molecule has 0 aliphatic heterocycles. The number of carbonyl (C=O) groups is 2. The van der Waals surface area contributed by atoms with Crippen LogP contribution < -0.4 is 5.32 Å². The van der Waals surface area contributed by atoms with E-state index in [1.807, 2.05) is 24.3 Å². The third-order valence-corrected chi connectivity index (χ3v) is 4.22. The maximum absolute atomic E-state index is 12.1. The van der Waals surface area contributed by atoms with Crippen molar-refractivity contribution in [3.05, 3.63) is 69.7 Å². The minimum absolute atomic E-state index is 0.0377. The first kappa shape index (κ1) is 19.3. The molecule has 0 fully saturated rings. The van der Waals surface area contributed by atoms with Crippen molar-refractivity contribution in [1.29, 1.82) is 0 Å². The van der Waals surface area contributed by atoms with Gasteiger partial charge in [-0.05, 0) is 48.4 Å². The minimum Gasteiger partial charge on any atom is -0.352 e. The summed E-state index contributed by atoms with van der Waals surface area (Å²) in [6.07, 6.45) is 0.966. The van der Waals surface area contributed by atoms with Crippen molar-refractivity contribution in [3.8, 4) is 0 Å². The van der Waals surface area contributed by atoms with Gasteiger partial charge in [0.25, 0.3) is 5.91 Å². The van der Waals surface area contributed by atoms with E-state index in [-0.39, 0.29) is 11.8 Å². The largest absolute Gasteiger partial charge is 0.352 e. The molecule has 2 rings (SSSR count). The number of hydrogen-bond acceptors (Lipinski definition) is 2. The molecule has 0 unspecified atom stereocenters. The van der Waals surface area contributed by atoms with Gasteiger partial charge in [0.05, 0.1) is 0 Å². The number of benzene rings is 2. The van der Waals surface area contributed by atoms with Crippen LogP contribution >= 0.6 is 23.2 Å². The van der Waals surface area contributed by atoms with E-state index in [9.17, 15) is 9.59 Å². The van der Waals surface area contributed by atoms with Crippen molar-refractivity contribution in [2.75, 3.05) is 13.6 Å². The highest BCUT2D eigenvalue weighted by Gasteiger charge is 2.10. The smallest absolute Gasteiger partial charge is 0.251 e. The Hall–Kier alpha value is -2.04. The van der Waals surface area contributed by atoms with E-state index in [1.54, 1.807) is 36.2 Å². The summed E-state index contributed by atoms with van der Waals surface area (Å²) in [7, 11) is 1.77. The molecule has 0 atom stereocenters. The minimum atomic E-state index is -0.168. The van der Waals surface area contributed by atoms with Crippen LogP contribution in [-0.4, -0.2) is 30.3 Å². The second kappa shape index (κ2) is 9.44. The lowest BCUT2D eigenvalue weighted by molar-refractivity contribution is -0.130. The highest BCUT2D eigenvalue weighted by Crippen LogP contribution is 2.12. The van der Waals surface area contributed by atoms with Crippen LogP contribution in [0.15, 0.2) is 48.5 Å². The summed E-state index contributed by atoms with van der Waals surface area (Å²) in [6.45, 7) is 0.981. The van der Waals surface area contributed by atoms with Gasteiger partial charge in [0.2, 0.25) is 5.91 Å². The van der Waals surface area contributed by atoms with E-state index in [4.69, 9.17) is 23.2 Å². The molecule has 0 aliphatic carbocycles. The van der Waals surface area contributed by atoms with Crippen LogP contribution in [0.2, 0.25) is 10.0 Å². The summed E-state index contributed by atoms with van der Waals surface area (Å²) in [6, 6.07) is 14.1. The van der Waals surface area contributed by atoms with Crippen molar-refractivity contribution < 1.29 is 9.59 Å². The molecule has 0 radical (unpaired) electrons. The van der Waals surface area contributed by atoms with Crippen molar-refractivity contribution in [2.45, 2.75) is 19.4 Å². The lowest BCUT2D eigenvalue weighted by Crippen LogP contribution is -2.28. The van der Waals surface area contributed by atoms with Gasteiger partial charge in [0, 0.05) is 42.2 Å². The molecule has 1 N–H and O–H groups in total. The normalized spacial score (nSPS) is 10.4. The first-order chi connectivity index (χ1) is 12.0. The Kier molecular flexibility index (Phi) is 7.29. The Labute approximate surface area is 157 Å². The maximum Gasteiger partial charge on any atom is 0.251 e. The second-order valence-electron chi connectivity index (χ2n) is 5.74. The van der Waals surface area contributed by atoms with E-state index >= 15 is 0 Å². The fraction of sp³-hybridized carbons (Fsp3) is 0.263. The highest BCUT2D eigenvalue weighted by atomic mass is 35.5. The average molecular weight is 379 g/mol. The molecule has 0 bridgehead atoms. The van der Waals surface area contributed by atoms with Crippen LogP contribution in [0.5, 0.6) is 0 Å². The number of carbonyl (C=O) groups excluding carboxylic acids is 2. The van der Waals surface area contributed by atoms with Crippen LogP contribution in [0, 0.1) is 0 Å². The predicted molar refractivity (Wildman–Crippen MR) is 101 cm³/mol. The zero-order valence-corrected chi connectivity index (χ0v) is 15.5. The van der Waals surface area contributed by atoms with Crippen LogP contribution in [0.25, 0.3) is 0 Å². The molecule has 0 aromatic heterocycles. The molecule has 0 saturated heterocycles. The van der Waals surface area contributed by atoms with Gasteiger partial charge in [-0.25, -0.2) is 0 Å². The Balaban J connectivity index is 1.69. The van der Waals surface area contributed by atoms with E-state index in [2.05, 4.69) is 5.32 Å². The zero-order chi connectivity index (χ0) is 18.2. The molecule has 0 spiro atoms. The first-order valence-corrected chi connectivity index (χ1v) is 8.73. The molecule has 25 heavy (non-hydrogen) atoms. The number of rotatable bonds is 7. The molecule has 0 saturated carbocycles. The van der Waals surface area contributed by atoms with E-state index in [0.29, 0.717) is 41.5 Å².